The van der Waals surface area contributed by atoms with Crippen molar-refractivity contribution in [3.63, 3.8) is 0 Å². The maximum atomic E-state index is 6.09. The molecule has 0 spiro atoms. The summed E-state index contributed by atoms with van der Waals surface area (Å²) in [4.78, 5) is 17.5. The van der Waals surface area contributed by atoms with Gasteiger partial charge in [0.25, 0.3) is 0 Å². The third-order valence-corrected chi connectivity index (χ3v) is 3.86. The van der Waals surface area contributed by atoms with Crippen molar-refractivity contribution < 1.29 is 9.47 Å². The monoisotopic (exact) mass is 356 g/mol. The standard InChI is InChI=1S/C21H16N4O2/c1-26-16-10-5-6-11-17(16)27-18-14-24-21(20-22-12-7-13-23-20)25-19(18)15-8-3-2-4-9-15/h2-14H,1H3. The van der Waals surface area contributed by atoms with Crippen LogP contribution in [0.5, 0.6) is 17.2 Å². The minimum absolute atomic E-state index is 0.432. The highest BCUT2D eigenvalue weighted by atomic mass is 16.5. The first-order valence-electron chi connectivity index (χ1n) is 8.36. The number of para-hydroxylation sites is 2. The van der Waals surface area contributed by atoms with Crippen LogP contribution in [0.1, 0.15) is 0 Å². The van der Waals surface area contributed by atoms with Crippen molar-refractivity contribution in [1.29, 1.82) is 0 Å². The molecular formula is C21H16N4O2. The Morgan fingerprint density at radius 3 is 2.11 bits per heavy atom. The summed E-state index contributed by atoms with van der Waals surface area (Å²) < 4.78 is 11.5. The fourth-order valence-electron chi connectivity index (χ4n) is 2.59. The number of methoxy groups -OCH3 is 1. The lowest BCUT2D eigenvalue weighted by Gasteiger charge is -2.13. The summed E-state index contributed by atoms with van der Waals surface area (Å²) >= 11 is 0. The van der Waals surface area contributed by atoms with Gasteiger partial charge in [-0.25, -0.2) is 19.9 Å². The molecule has 4 aromatic rings. The number of benzene rings is 2. The van der Waals surface area contributed by atoms with Crippen LogP contribution in [-0.2, 0) is 0 Å². The maximum absolute atomic E-state index is 6.09. The van der Waals surface area contributed by atoms with E-state index in [0.717, 1.165) is 5.56 Å². The van der Waals surface area contributed by atoms with Crippen LogP contribution in [0.3, 0.4) is 0 Å². The van der Waals surface area contributed by atoms with E-state index in [1.807, 2.05) is 54.6 Å². The Hall–Kier alpha value is -3.80. The minimum Gasteiger partial charge on any atom is -0.493 e. The normalized spacial score (nSPS) is 10.4. The Kier molecular flexibility index (Phi) is 4.70. The quantitative estimate of drug-likeness (QED) is 0.528. The molecule has 0 fully saturated rings. The van der Waals surface area contributed by atoms with Crippen molar-refractivity contribution in [3.05, 3.63) is 79.3 Å². The van der Waals surface area contributed by atoms with Gasteiger partial charge in [-0.3, -0.25) is 0 Å². The van der Waals surface area contributed by atoms with Crippen LogP contribution >= 0.6 is 0 Å². The zero-order valence-corrected chi connectivity index (χ0v) is 14.6. The summed E-state index contributed by atoms with van der Waals surface area (Å²) in [7, 11) is 1.60. The second-order valence-corrected chi connectivity index (χ2v) is 5.60. The predicted molar refractivity (Wildman–Crippen MR) is 102 cm³/mol. The molecule has 0 radical (unpaired) electrons. The van der Waals surface area contributed by atoms with E-state index in [1.165, 1.54) is 0 Å². The third-order valence-electron chi connectivity index (χ3n) is 3.86. The van der Waals surface area contributed by atoms with Gasteiger partial charge in [-0.2, -0.15) is 0 Å². The lowest BCUT2D eigenvalue weighted by molar-refractivity contribution is 0.378. The zero-order chi connectivity index (χ0) is 18.5. The Morgan fingerprint density at radius 1 is 0.667 bits per heavy atom. The van der Waals surface area contributed by atoms with Gasteiger partial charge in [-0.1, -0.05) is 42.5 Å². The highest BCUT2D eigenvalue weighted by molar-refractivity contribution is 5.68. The van der Waals surface area contributed by atoms with Crippen LogP contribution in [0, 0.1) is 0 Å². The number of hydrogen-bond donors (Lipinski definition) is 0. The zero-order valence-electron chi connectivity index (χ0n) is 14.6. The molecule has 27 heavy (non-hydrogen) atoms. The van der Waals surface area contributed by atoms with Crippen LogP contribution in [0.25, 0.3) is 22.9 Å². The molecule has 2 aromatic carbocycles. The van der Waals surface area contributed by atoms with Gasteiger partial charge in [0.05, 0.1) is 13.3 Å². The van der Waals surface area contributed by atoms with E-state index in [9.17, 15) is 0 Å². The van der Waals surface area contributed by atoms with Gasteiger partial charge >= 0.3 is 0 Å². The van der Waals surface area contributed by atoms with Gasteiger partial charge in [0.1, 0.15) is 5.69 Å². The van der Waals surface area contributed by atoms with Gasteiger partial charge in [-0.05, 0) is 18.2 Å². The molecule has 4 rings (SSSR count). The van der Waals surface area contributed by atoms with Gasteiger partial charge in [0.15, 0.2) is 28.9 Å². The molecule has 6 nitrogen and oxygen atoms in total. The van der Waals surface area contributed by atoms with Crippen LogP contribution in [0.4, 0.5) is 0 Å². The first-order chi connectivity index (χ1) is 13.3. The first-order valence-corrected chi connectivity index (χ1v) is 8.36. The average molecular weight is 356 g/mol. The maximum Gasteiger partial charge on any atom is 0.198 e. The van der Waals surface area contributed by atoms with Gasteiger partial charge in [0, 0.05) is 18.0 Å². The van der Waals surface area contributed by atoms with E-state index in [0.29, 0.717) is 34.6 Å². The molecule has 0 aliphatic heterocycles. The van der Waals surface area contributed by atoms with Crippen molar-refractivity contribution in [2.45, 2.75) is 0 Å². The molecule has 0 aliphatic carbocycles. The molecule has 0 amide bonds. The smallest absolute Gasteiger partial charge is 0.198 e. The number of ether oxygens (including phenoxy) is 2. The van der Waals surface area contributed by atoms with Gasteiger partial charge < -0.3 is 9.47 Å². The highest BCUT2D eigenvalue weighted by Gasteiger charge is 2.15. The molecule has 0 saturated heterocycles. The fourth-order valence-corrected chi connectivity index (χ4v) is 2.59. The molecule has 132 valence electrons. The number of aromatic nitrogens is 4. The lowest BCUT2D eigenvalue weighted by Crippen LogP contribution is -1.99. The number of rotatable bonds is 5. The van der Waals surface area contributed by atoms with Crippen LogP contribution in [0.2, 0.25) is 0 Å². The third kappa shape index (κ3) is 3.59. The van der Waals surface area contributed by atoms with Crippen LogP contribution < -0.4 is 9.47 Å². The molecule has 6 heteroatoms. The molecule has 0 unspecified atom stereocenters. The van der Waals surface area contributed by atoms with Gasteiger partial charge in [-0.15, -0.1) is 0 Å². The van der Waals surface area contributed by atoms with Crippen molar-refractivity contribution in [3.8, 4) is 40.2 Å². The Balaban J connectivity index is 1.81. The van der Waals surface area contributed by atoms with Crippen molar-refractivity contribution in [1.82, 2.24) is 19.9 Å². The minimum atomic E-state index is 0.432. The summed E-state index contributed by atoms with van der Waals surface area (Å²) in [5, 5.41) is 0. The molecule has 0 aliphatic rings. The molecular weight excluding hydrogens is 340 g/mol. The molecule has 0 N–H and O–H groups in total. The Bertz CT molecular complexity index is 1040. The lowest BCUT2D eigenvalue weighted by atomic mass is 10.1. The molecule has 2 heterocycles. The Labute approximate surface area is 156 Å². The largest absolute Gasteiger partial charge is 0.493 e. The Morgan fingerprint density at radius 2 is 1.37 bits per heavy atom. The molecule has 0 atom stereocenters. The second-order valence-electron chi connectivity index (χ2n) is 5.60. The van der Waals surface area contributed by atoms with Crippen molar-refractivity contribution in [2.75, 3.05) is 7.11 Å². The number of hydrogen-bond acceptors (Lipinski definition) is 6. The first kappa shape index (κ1) is 16.7. The summed E-state index contributed by atoms with van der Waals surface area (Å²) in [5.74, 6) is 2.63. The summed E-state index contributed by atoms with van der Waals surface area (Å²) in [5.41, 5.74) is 1.56. The van der Waals surface area contributed by atoms with E-state index in [1.54, 1.807) is 31.8 Å². The number of nitrogens with zero attached hydrogens (tertiary/aromatic N) is 4. The highest BCUT2D eigenvalue weighted by Crippen LogP contribution is 2.36. The second kappa shape index (κ2) is 7.61. The predicted octanol–water partition coefficient (Wildman–Crippen LogP) is 4.40. The topological polar surface area (TPSA) is 70.0 Å². The van der Waals surface area contributed by atoms with E-state index < -0.39 is 0 Å². The molecule has 0 bridgehead atoms. The fraction of sp³-hybridized carbons (Fsp3) is 0.0476. The van der Waals surface area contributed by atoms with E-state index >= 15 is 0 Å². The van der Waals surface area contributed by atoms with Crippen LogP contribution in [0.15, 0.2) is 79.3 Å². The molecule has 2 aromatic heterocycles. The van der Waals surface area contributed by atoms with Gasteiger partial charge in [0.2, 0.25) is 0 Å². The molecule has 0 saturated carbocycles. The summed E-state index contributed by atoms with van der Waals surface area (Å²) in [6.07, 6.45) is 4.95. The average Bonchev–Trinajstić information content (AvgIpc) is 2.75. The van der Waals surface area contributed by atoms with E-state index in [2.05, 4.69) is 19.9 Å². The van der Waals surface area contributed by atoms with E-state index in [-0.39, 0.29) is 0 Å². The van der Waals surface area contributed by atoms with Crippen LogP contribution in [-0.4, -0.2) is 27.0 Å². The summed E-state index contributed by atoms with van der Waals surface area (Å²) in [6.45, 7) is 0. The van der Waals surface area contributed by atoms with E-state index in [4.69, 9.17) is 9.47 Å². The van der Waals surface area contributed by atoms with Crippen molar-refractivity contribution >= 4 is 0 Å². The van der Waals surface area contributed by atoms with Crippen molar-refractivity contribution in [2.24, 2.45) is 0 Å². The SMILES string of the molecule is COc1ccccc1Oc1cnc(-c2ncccn2)nc1-c1ccccc1. The summed E-state index contributed by atoms with van der Waals surface area (Å²) in [6, 6.07) is 19.0.